The minimum absolute atomic E-state index is 0.0117. The van der Waals surface area contributed by atoms with Gasteiger partial charge in [-0.15, -0.1) is 0 Å². The Bertz CT molecular complexity index is 1410. The van der Waals surface area contributed by atoms with Crippen LogP contribution in [0.1, 0.15) is 36.4 Å². The second kappa shape index (κ2) is 9.72. The molecule has 3 aromatic rings. The van der Waals surface area contributed by atoms with Crippen LogP contribution in [-0.2, 0) is 19.6 Å². The summed E-state index contributed by atoms with van der Waals surface area (Å²) in [4.78, 5) is 27.9. The van der Waals surface area contributed by atoms with E-state index < -0.39 is 27.8 Å². The molecule has 0 saturated carbocycles. The quantitative estimate of drug-likeness (QED) is 0.315. The summed E-state index contributed by atoms with van der Waals surface area (Å²) in [6.45, 7) is 0.985. The van der Waals surface area contributed by atoms with Crippen molar-refractivity contribution >= 4 is 33.2 Å². The maximum atomic E-state index is 13.3. The Labute approximate surface area is 210 Å². The highest BCUT2D eigenvalue weighted by Gasteiger charge is 2.47. The Balaban J connectivity index is 1.58. The molecule has 2 fully saturated rings. The van der Waals surface area contributed by atoms with Crippen LogP contribution in [0.2, 0.25) is 0 Å². The number of aliphatic hydroxyl groups excluding tert-OH is 1. The molecule has 0 radical (unpaired) electrons. The van der Waals surface area contributed by atoms with Crippen LogP contribution in [0.5, 0.6) is 0 Å². The molecule has 1 amide bonds. The van der Waals surface area contributed by atoms with Gasteiger partial charge in [-0.05, 0) is 42.7 Å². The molecule has 7 nitrogen and oxygen atoms in total. The molecule has 0 unspecified atom stereocenters. The van der Waals surface area contributed by atoms with E-state index in [4.69, 9.17) is 0 Å². The number of carbonyl (C=O) groups excluding carboxylic acids is 2. The number of aliphatic hydroxyl groups is 1. The second-order valence-corrected chi connectivity index (χ2v) is 10.8. The fourth-order valence-electron chi connectivity index (χ4n) is 4.83. The first kappa shape index (κ1) is 24.0. The van der Waals surface area contributed by atoms with Crippen molar-refractivity contribution < 1.29 is 23.1 Å². The number of anilines is 1. The van der Waals surface area contributed by atoms with Gasteiger partial charge in [0.2, 0.25) is 10.0 Å². The smallest absolute Gasteiger partial charge is 0.300 e. The van der Waals surface area contributed by atoms with E-state index in [-0.39, 0.29) is 16.2 Å². The fourth-order valence-corrected chi connectivity index (χ4v) is 6.35. The van der Waals surface area contributed by atoms with Crippen molar-refractivity contribution in [1.29, 1.82) is 0 Å². The van der Waals surface area contributed by atoms with Crippen LogP contribution < -0.4 is 4.90 Å². The summed E-state index contributed by atoms with van der Waals surface area (Å²) >= 11 is 0. The molecule has 8 heteroatoms. The van der Waals surface area contributed by atoms with Crippen LogP contribution >= 0.6 is 0 Å². The first-order chi connectivity index (χ1) is 17.4. The average Bonchev–Trinajstić information content (AvgIpc) is 3.20. The maximum Gasteiger partial charge on any atom is 0.300 e. The van der Waals surface area contributed by atoms with Crippen molar-refractivity contribution in [2.45, 2.75) is 30.2 Å². The molecule has 36 heavy (non-hydrogen) atoms. The van der Waals surface area contributed by atoms with E-state index in [9.17, 15) is 23.1 Å². The molecule has 3 aromatic carbocycles. The third-order valence-electron chi connectivity index (χ3n) is 6.67. The average molecular weight is 503 g/mol. The maximum absolute atomic E-state index is 13.3. The van der Waals surface area contributed by atoms with E-state index in [1.165, 1.54) is 21.3 Å². The fraction of sp³-hybridized carbons (Fsp3) is 0.214. The molecule has 1 atom stereocenters. The summed E-state index contributed by atoms with van der Waals surface area (Å²) in [7, 11) is -3.64. The third kappa shape index (κ3) is 4.23. The number of ketones is 1. The molecule has 184 valence electrons. The number of benzene rings is 3. The van der Waals surface area contributed by atoms with E-state index in [2.05, 4.69) is 0 Å². The minimum Gasteiger partial charge on any atom is -0.507 e. The number of hydrogen-bond acceptors (Lipinski definition) is 5. The van der Waals surface area contributed by atoms with Gasteiger partial charge in [0.25, 0.3) is 11.7 Å². The van der Waals surface area contributed by atoms with Gasteiger partial charge in [-0.1, -0.05) is 67.1 Å². The van der Waals surface area contributed by atoms with Gasteiger partial charge >= 0.3 is 0 Å². The summed E-state index contributed by atoms with van der Waals surface area (Å²) in [6.07, 6.45) is 2.68. The predicted molar refractivity (Wildman–Crippen MR) is 137 cm³/mol. The Morgan fingerprint density at radius 3 is 1.97 bits per heavy atom. The highest BCUT2D eigenvalue weighted by Crippen LogP contribution is 2.42. The van der Waals surface area contributed by atoms with E-state index >= 15 is 0 Å². The first-order valence-corrected chi connectivity index (χ1v) is 13.3. The van der Waals surface area contributed by atoms with E-state index in [0.29, 0.717) is 29.9 Å². The number of hydrogen-bond donors (Lipinski definition) is 1. The first-order valence-electron chi connectivity index (χ1n) is 11.9. The molecule has 2 heterocycles. The zero-order valence-corrected chi connectivity index (χ0v) is 20.4. The van der Waals surface area contributed by atoms with Crippen LogP contribution in [0.15, 0.2) is 95.4 Å². The second-order valence-electron chi connectivity index (χ2n) is 8.90. The van der Waals surface area contributed by atoms with Crippen molar-refractivity contribution in [1.82, 2.24) is 4.31 Å². The normalized spacial score (nSPS) is 20.6. The number of rotatable bonds is 5. The van der Waals surface area contributed by atoms with Crippen LogP contribution in [-0.4, -0.2) is 42.6 Å². The van der Waals surface area contributed by atoms with Crippen molar-refractivity contribution in [2.24, 2.45) is 0 Å². The van der Waals surface area contributed by atoms with Gasteiger partial charge < -0.3 is 5.11 Å². The molecule has 1 N–H and O–H groups in total. The molecule has 5 rings (SSSR count). The van der Waals surface area contributed by atoms with E-state index in [1.807, 2.05) is 6.07 Å². The largest absolute Gasteiger partial charge is 0.507 e. The molecule has 2 aliphatic rings. The van der Waals surface area contributed by atoms with Crippen LogP contribution in [0.3, 0.4) is 0 Å². The lowest BCUT2D eigenvalue weighted by Gasteiger charge is -2.27. The Hall–Kier alpha value is -3.75. The van der Waals surface area contributed by atoms with Crippen molar-refractivity contribution in [3.63, 3.8) is 0 Å². The lowest BCUT2D eigenvalue weighted by atomic mass is 9.95. The van der Waals surface area contributed by atoms with E-state index in [1.54, 1.807) is 66.7 Å². The predicted octanol–water partition coefficient (Wildman–Crippen LogP) is 4.49. The number of carbonyl (C=O) groups is 2. The number of amides is 1. The standard InChI is InChI=1S/C28H26N2O5S/c31-26(21-12-6-2-7-13-21)24-25(20-10-4-1-5-11-20)30(28(33)27(24)32)22-14-16-23(17-15-22)36(34,35)29-18-8-3-9-19-29/h1-2,4-7,10-17,25,31H,3,8-9,18-19H2/t25-/m0/s1. The molecule has 0 bridgehead atoms. The summed E-state index contributed by atoms with van der Waals surface area (Å²) in [5, 5.41) is 11.1. The molecule has 0 aliphatic carbocycles. The van der Waals surface area contributed by atoms with Crippen molar-refractivity contribution in [2.75, 3.05) is 18.0 Å². The molecular weight excluding hydrogens is 476 g/mol. The van der Waals surface area contributed by atoms with Crippen LogP contribution in [0.4, 0.5) is 5.69 Å². The van der Waals surface area contributed by atoms with Crippen molar-refractivity contribution in [3.05, 3.63) is 102 Å². The zero-order chi connectivity index (χ0) is 25.3. The Morgan fingerprint density at radius 2 is 1.36 bits per heavy atom. The Morgan fingerprint density at radius 1 is 0.778 bits per heavy atom. The van der Waals surface area contributed by atoms with Gasteiger partial charge in [0.05, 0.1) is 16.5 Å². The summed E-state index contributed by atoms with van der Waals surface area (Å²) in [6, 6.07) is 22.8. The summed E-state index contributed by atoms with van der Waals surface area (Å²) in [5.74, 6) is -1.84. The molecular formula is C28H26N2O5S. The van der Waals surface area contributed by atoms with Crippen LogP contribution in [0, 0.1) is 0 Å². The number of Topliss-reactive ketones (excluding diaryl/α,β-unsaturated/α-hetero) is 1. The highest BCUT2D eigenvalue weighted by atomic mass is 32.2. The lowest BCUT2D eigenvalue weighted by molar-refractivity contribution is -0.132. The third-order valence-corrected chi connectivity index (χ3v) is 8.59. The molecule has 2 aliphatic heterocycles. The monoisotopic (exact) mass is 502 g/mol. The summed E-state index contributed by atoms with van der Waals surface area (Å²) < 4.78 is 27.6. The number of sulfonamides is 1. The number of piperidine rings is 1. The van der Waals surface area contributed by atoms with Crippen molar-refractivity contribution in [3.8, 4) is 0 Å². The van der Waals surface area contributed by atoms with Gasteiger partial charge in [0, 0.05) is 24.3 Å². The molecule has 0 spiro atoms. The zero-order valence-electron chi connectivity index (χ0n) is 19.6. The lowest BCUT2D eigenvalue weighted by Crippen LogP contribution is -2.35. The molecule has 2 saturated heterocycles. The van der Waals surface area contributed by atoms with Crippen LogP contribution in [0.25, 0.3) is 5.76 Å². The van der Waals surface area contributed by atoms with Gasteiger partial charge in [-0.2, -0.15) is 4.31 Å². The van der Waals surface area contributed by atoms with Gasteiger partial charge in [0.1, 0.15) is 5.76 Å². The van der Waals surface area contributed by atoms with Gasteiger partial charge in [-0.3, -0.25) is 14.5 Å². The SMILES string of the molecule is O=C1C(=O)N(c2ccc(S(=O)(=O)N3CCCCC3)cc2)[C@@H](c2ccccc2)C1=C(O)c1ccccc1. The number of nitrogens with zero attached hydrogens (tertiary/aromatic N) is 2. The topological polar surface area (TPSA) is 95.0 Å². The van der Waals surface area contributed by atoms with Gasteiger partial charge in [-0.25, -0.2) is 8.42 Å². The minimum atomic E-state index is -3.64. The summed E-state index contributed by atoms with van der Waals surface area (Å²) in [5.41, 5.74) is 1.44. The highest BCUT2D eigenvalue weighted by molar-refractivity contribution is 7.89. The van der Waals surface area contributed by atoms with E-state index in [0.717, 1.165) is 19.3 Å². The van der Waals surface area contributed by atoms with Gasteiger partial charge in [0.15, 0.2) is 0 Å². The Kier molecular flexibility index (Phi) is 6.47. The molecule has 0 aromatic heterocycles.